The number of nitrogens with one attached hydrogen (secondary N) is 1. The van der Waals surface area contributed by atoms with Crippen LogP contribution in [0.15, 0.2) is 60.8 Å². The lowest BCUT2D eigenvalue weighted by Crippen LogP contribution is -2.19. The summed E-state index contributed by atoms with van der Waals surface area (Å²) in [5.41, 5.74) is 10.2. The Labute approximate surface area is 209 Å². The molecule has 184 valence electrons. The highest BCUT2D eigenvalue weighted by molar-refractivity contribution is 5.95. The topological polar surface area (TPSA) is 103 Å². The summed E-state index contributed by atoms with van der Waals surface area (Å²) in [6.07, 6.45) is 1.85. The predicted octanol–water partition coefficient (Wildman–Crippen LogP) is 4.46. The standard InChI is InChI=1S/C27H29N7O2/c1-33(2)10-11-36-25-14-21-22(15-24(25)35-4)31-26(17-6-5-7-19(28)12-17)32-27(21)30-20-8-9-23-18(13-20)16-29-34(23)3/h5-9,12-16H,10-11,28H2,1-4H3,(H,30,31,32). The molecule has 0 saturated heterocycles. The highest BCUT2D eigenvalue weighted by Gasteiger charge is 2.16. The summed E-state index contributed by atoms with van der Waals surface area (Å²) in [5, 5.41) is 9.68. The summed E-state index contributed by atoms with van der Waals surface area (Å²) in [5.74, 6) is 2.46. The lowest BCUT2D eigenvalue weighted by atomic mass is 10.1. The predicted molar refractivity (Wildman–Crippen MR) is 144 cm³/mol. The van der Waals surface area contributed by atoms with Crippen LogP contribution in [0.4, 0.5) is 17.2 Å². The molecule has 0 saturated carbocycles. The van der Waals surface area contributed by atoms with Crippen LogP contribution in [0.1, 0.15) is 0 Å². The number of nitrogens with zero attached hydrogens (tertiary/aromatic N) is 5. The van der Waals surface area contributed by atoms with Gasteiger partial charge in [0.05, 0.1) is 24.3 Å². The molecule has 0 unspecified atom stereocenters. The van der Waals surface area contributed by atoms with Crippen molar-refractivity contribution >= 4 is 39.0 Å². The number of rotatable bonds is 8. The van der Waals surface area contributed by atoms with Crippen molar-refractivity contribution in [2.75, 3.05) is 45.4 Å². The van der Waals surface area contributed by atoms with Gasteiger partial charge in [-0.25, -0.2) is 9.97 Å². The monoisotopic (exact) mass is 483 g/mol. The van der Waals surface area contributed by atoms with E-state index in [0.717, 1.165) is 39.6 Å². The van der Waals surface area contributed by atoms with Crippen molar-refractivity contribution in [3.8, 4) is 22.9 Å². The number of anilines is 3. The van der Waals surface area contributed by atoms with Crippen LogP contribution in [0.2, 0.25) is 0 Å². The maximum atomic E-state index is 6.07. The second kappa shape index (κ2) is 9.71. The smallest absolute Gasteiger partial charge is 0.162 e. The number of likely N-dealkylation sites (N-methyl/N-ethyl adjacent to an activating group) is 1. The van der Waals surface area contributed by atoms with E-state index in [4.69, 9.17) is 25.2 Å². The average Bonchev–Trinajstić information content (AvgIpc) is 3.23. The van der Waals surface area contributed by atoms with Crippen LogP contribution in [-0.4, -0.2) is 59.0 Å². The van der Waals surface area contributed by atoms with Gasteiger partial charge in [0.15, 0.2) is 17.3 Å². The Morgan fingerprint density at radius 1 is 1.03 bits per heavy atom. The molecular weight excluding hydrogens is 454 g/mol. The lowest BCUT2D eigenvalue weighted by Gasteiger charge is -2.16. The molecule has 0 radical (unpaired) electrons. The molecule has 5 aromatic rings. The number of aromatic nitrogens is 4. The molecule has 0 aliphatic heterocycles. The number of fused-ring (bicyclic) bond motifs is 2. The maximum absolute atomic E-state index is 6.07. The minimum Gasteiger partial charge on any atom is -0.493 e. The molecule has 0 fully saturated rings. The summed E-state index contributed by atoms with van der Waals surface area (Å²) in [7, 11) is 7.57. The Morgan fingerprint density at radius 2 is 1.89 bits per heavy atom. The number of nitrogen functional groups attached to an aromatic ring is 1. The molecule has 36 heavy (non-hydrogen) atoms. The first-order valence-corrected chi connectivity index (χ1v) is 11.6. The minimum absolute atomic E-state index is 0.525. The Morgan fingerprint density at radius 3 is 2.67 bits per heavy atom. The third kappa shape index (κ3) is 4.73. The molecule has 0 atom stereocenters. The summed E-state index contributed by atoms with van der Waals surface area (Å²) in [6, 6.07) is 17.4. The fourth-order valence-electron chi connectivity index (χ4n) is 4.03. The van der Waals surface area contributed by atoms with E-state index in [1.807, 2.05) is 80.6 Å². The maximum Gasteiger partial charge on any atom is 0.162 e. The number of hydrogen-bond acceptors (Lipinski definition) is 8. The molecule has 3 N–H and O–H groups in total. The van der Waals surface area contributed by atoms with E-state index in [9.17, 15) is 0 Å². The van der Waals surface area contributed by atoms with E-state index >= 15 is 0 Å². The summed E-state index contributed by atoms with van der Waals surface area (Å²) in [4.78, 5) is 11.8. The highest BCUT2D eigenvalue weighted by Crippen LogP contribution is 2.37. The summed E-state index contributed by atoms with van der Waals surface area (Å²) < 4.78 is 13.5. The minimum atomic E-state index is 0.525. The van der Waals surface area contributed by atoms with Crippen molar-refractivity contribution in [3.63, 3.8) is 0 Å². The van der Waals surface area contributed by atoms with E-state index in [-0.39, 0.29) is 0 Å². The van der Waals surface area contributed by atoms with Gasteiger partial charge in [0, 0.05) is 47.4 Å². The van der Waals surface area contributed by atoms with Crippen LogP contribution in [0.5, 0.6) is 11.5 Å². The molecule has 9 nitrogen and oxygen atoms in total. The number of benzene rings is 3. The van der Waals surface area contributed by atoms with E-state index in [1.54, 1.807) is 7.11 Å². The van der Waals surface area contributed by atoms with Crippen LogP contribution in [0.25, 0.3) is 33.2 Å². The molecule has 0 aliphatic carbocycles. The Balaban J connectivity index is 1.63. The van der Waals surface area contributed by atoms with Crippen molar-refractivity contribution in [1.82, 2.24) is 24.6 Å². The summed E-state index contributed by atoms with van der Waals surface area (Å²) >= 11 is 0. The Hall–Kier alpha value is -4.37. The quantitative estimate of drug-likeness (QED) is 0.312. The van der Waals surface area contributed by atoms with Crippen LogP contribution in [0.3, 0.4) is 0 Å². The lowest BCUT2D eigenvalue weighted by molar-refractivity contribution is 0.251. The molecule has 0 amide bonds. The van der Waals surface area contributed by atoms with Crippen molar-refractivity contribution in [1.29, 1.82) is 0 Å². The van der Waals surface area contributed by atoms with Gasteiger partial charge in [0.2, 0.25) is 0 Å². The molecule has 0 aliphatic rings. The van der Waals surface area contributed by atoms with Gasteiger partial charge in [-0.05, 0) is 50.5 Å². The fourth-order valence-corrected chi connectivity index (χ4v) is 4.03. The first kappa shape index (κ1) is 23.4. The van der Waals surface area contributed by atoms with Gasteiger partial charge < -0.3 is 25.4 Å². The van der Waals surface area contributed by atoms with Crippen molar-refractivity contribution < 1.29 is 9.47 Å². The molecule has 5 rings (SSSR count). The SMILES string of the molecule is COc1cc2nc(-c3cccc(N)c3)nc(Nc3ccc4c(cnn4C)c3)c2cc1OCCN(C)C. The third-order valence-corrected chi connectivity index (χ3v) is 5.93. The zero-order valence-electron chi connectivity index (χ0n) is 20.8. The molecule has 3 aromatic carbocycles. The number of nitrogens with two attached hydrogens (primary N) is 1. The third-order valence-electron chi connectivity index (χ3n) is 5.93. The molecule has 9 heteroatoms. The zero-order valence-corrected chi connectivity index (χ0v) is 20.8. The van der Waals surface area contributed by atoms with Gasteiger partial charge in [0.1, 0.15) is 12.4 Å². The van der Waals surface area contributed by atoms with Gasteiger partial charge >= 0.3 is 0 Å². The number of hydrogen-bond donors (Lipinski definition) is 2. The van der Waals surface area contributed by atoms with Gasteiger partial charge in [0.25, 0.3) is 0 Å². The van der Waals surface area contributed by atoms with E-state index in [1.165, 1.54) is 0 Å². The van der Waals surface area contributed by atoms with Gasteiger partial charge in [-0.2, -0.15) is 5.10 Å². The van der Waals surface area contributed by atoms with Gasteiger partial charge in [-0.15, -0.1) is 0 Å². The van der Waals surface area contributed by atoms with E-state index in [0.29, 0.717) is 35.4 Å². The Bertz CT molecular complexity index is 1540. The second-order valence-corrected chi connectivity index (χ2v) is 8.86. The number of methoxy groups -OCH3 is 1. The van der Waals surface area contributed by atoms with Crippen LogP contribution >= 0.6 is 0 Å². The zero-order chi connectivity index (χ0) is 25.2. The molecule has 2 heterocycles. The molecule has 2 aromatic heterocycles. The number of ether oxygens (including phenoxy) is 2. The first-order chi connectivity index (χ1) is 17.4. The summed E-state index contributed by atoms with van der Waals surface area (Å²) in [6.45, 7) is 1.31. The molecular formula is C27H29N7O2. The normalized spacial score (nSPS) is 11.4. The van der Waals surface area contributed by atoms with Crippen molar-refractivity contribution in [2.24, 2.45) is 7.05 Å². The van der Waals surface area contributed by atoms with Crippen LogP contribution in [-0.2, 0) is 7.05 Å². The molecule has 0 bridgehead atoms. The second-order valence-electron chi connectivity index (χ2n) is 8.86. The fraction of sp³-hybridized carbons (Fsp3) is 0.222. The Kier molecular flexibility index (Phi) is 6.30. The van der Waals surface area contributed by atoms with Crippen LogP contribution < -0.4 is 20.5 Å². The van der Waals surface area contributed by atoms with Crippen molar-refractivity contribution in [2.45, 2.75) is 0 Å². The first-order valence-electron chi connectivity index (χ1n) is 11.6. The van der Waals surface area contributed by atoms with Gasteiger partial charge in [-0.1, -0.05) is 12.1 Å². The number of aryl methyl sites for hydroxylation is 1. The highest BCUT2D eigenvalue weighted by atomic mass is 16.5. The molecule has 0 spiro atoms. The average molecular weight is 484 g/mol. The van der Waals surface area contributed by atoms with Gasteiger partial charge in [-0.3, -0.25) is 4.68 Å². The van der Waals surface area contributed by atoms with E-state index < -0.39 is 0 Å². The van der Waals surface area contributed by atoms with E-state index in [2.05, 4.69) is 21.4 Å². The van der Waals surface area contributed by atoms with Crippen LogP contribution in [0, 0.1) is 0 Å². The largest absolute Gasteiger partial charge is 0.493 e. The van der Waals surface area contributed by atoms with Crippen molar-refractivity contribution in [3.05, 3.63) is 60.8 Å².